The number of amides is 2. The molecule has 2 amide bonds. The van der Waals surface area contributed by atoms with Crippen LogP contribution in [0.25, 0.3) is 0 Å². The van der Waals surface area contributed by atoms with E-state index >= 15 is 0 Å². The smallest absolute Gasteiger partial charge is 0.243 e. The van der Waals surface area contributed by atoms with Crippen LogP contribution in [0.5, 0.6) is 0 Å². The Morgan fingerprint density at radius 3 is 2.00 bits per heavy atom. The van der Waals surface area contributed by atoms with Crippen molar-refractivity contribution in [3.63, 3.8) is 0 Å². The van der Waals surface area contributed by atoms with Crippen LogP contribution in [0.4, 0.5) is 0 Å². The van der Waals surface area contributed by atoms with Gasteiger partial charge in [-0.1, -0.05) is 34.6 Å². The van der Waals surface area contributed by atoms with E-state index < -0.39 is 12.1 Å². The minimum absolute atomic E-state index is 0.0310. The van der Waals surface area contributed by atoms with Crippen LogP contribution in [0, 0.1) is 5.92 Å². The van der Waals surface area contributed by atoms with Gasteiger partial charge in [0.15, 0.2) is 5.78 Å². The molecule has 0 heterocycles. The Hall–Kier alpha value is -1.04. The van der Waals surface area contributed by atoms with Gasteiger partial charge < -0.3 is 10.6 Å². The number of ketones is 1. The van der Waals surface area contributed by atoms with Crippen molar-refractivity contribution >= 4 is 29.4 Å². The molecule has 0 fully saturated rings. The van der Waals surface area contributed by atoms with Gasteiger partial charge in [0.1, 0.15) is 6.04 Å². The number of Topliss-reactive ketones (excluding diaryl/α,β-unsaturated/α-hetero) is 1. The molecule has 0 spiro atoms. The molecule has 0 aromatic rings. The van der Waals surface area contributed by atoms with Gasteiger partial charge in [0.2, 0.25) is 11.8 Å². The summed E-state index contributed by atoms with van der Waals surface area (Å²) in [6.07, 6.45) is 3.52. The highest BCUT2D eigenvalue weighted by Gasteiger charge is 2.25. The van der Waals surface area contributed by atoms with Crippen molar-refractivity contribution in [1.29, 1.82) is 0 Å². The summed E-state index contributed by atoms with van der Waals surface area (Å²) < 4.78 is 0. The lowest BCUT2D eigenvalue weighted by atomic mass is 9.98. The molecular formula is C17H34N2O3S. The van der Waals surface area contributed by atoms with Crippen LogP contribution < -0.4 is 10.6 Å². The first-order valence-corrected chi connectivity index (χ1v) is 9.80. The quantitative estimate of drug-likeness (QED) is 0.638. The highest BCUT2D eigenvalue weighted by Crippen LogP contribution is 2.09. The van der Waals surface area contributed by atoms with Crippen LogP contribution in [0.15, 0.2) is 0 Å². The molecule has 0 saturated heterocycles. The van der Waals surface area contributed by atoms with Crippen LogP contribution >= 0.6 is 11.8 Å². The number of carbonyl (C=O) groups excluding carboxylic acids is 3. The van der Waals surface area contributed by atoms with Crippen LogP contribution in [-0.2, 0) is 14.4 Å². The average Bonchev–Trinajstić information content (AvgIpc) is 2.50. The predicted octanol–water partition coefficient (Wildman–Crippen LogP) is 2.78. The van der Waals surface area contributed by atoms with Gasteiger partial charge in [-0.05, 0) is 30.8 Å². The number of hydrogen-bond acceptors (Lipinski definition) is 4. The highest BCUT2D eigenvalue weighted by molar-refractivity contribution is 7.98. The number of carbonyl (C=O) groups is 3. The van der Waals surface area contributed by atoms with Gasteiger partial charge in [0.25, 0.3) is 0 Å². The Kier molecular flexibility index (Phi) is 15.3. The van der Waals surface area contributed by atoms with Gasteiger partial charge in [-0.3, -0.25) is 14.4 Å². The molecule has 2 unspecified atom stereocenters. The fourth-order valence-corrected chi connectivity index (χ4v) is 2.48. The number of thioether (sulfide) groups is 1. The SMILES string of the molecule is CC.CCC(=O)C(CC(C)C)NC(=O)C(CCSC)NC(C)=O. The van der Waals surface area contributed by atoms with E-state index in [9.17, 15) is 14.4 Å². The van der Waals surface area contributed by atoms with Crippen molar-refractivity contribution in [3.05, 3.63) is 0 Å². The number of rotatable bonds is 10. The van der Waals surface area contributed by atoms with Gasteiger partial charge in [0.05, 0.1) is 6.04 Å². The van der Waals surface area contributed by atoms with Gasteiger partial charge >= 0.3 is 0 Å². The van der Waals surface area contributed by atoms with Crippen LogP contribution in [-0.4, -0.2) is 41.7 Å². The summed E-state index contributed by atoms with van der Waals surface area (Å²) >= 11 is 1.62. The molecule has 0 radical (unpaired) electrons. The van der Waals surface area contributed by atoms with Gasteiger partial charge in [-0.2, -0.15) is 11.8 Å². The number of hydrogen-bond donors (Lipinski definition) is 2. The Balaban J connectivity index is 0. The first-order chi connectivity index (χ1) is 10.8. The average molecular weight is 347 g/mol. The molecule has 0 aliphatic heterocycles. The summed E-state index contributed by atoms with van der Waals surface area (Å²) in [5.41, 5.74) is 0. The second kappa shape index (κ2) is 14.5. The van der Waals surface area contributed by atoms with Crippen LogP contribution in [0.1, 0.15) is 60.8 Å². The molecule has 0 aliphatic carbocycles. The summed E-state index contributed by atoms with van der Waals surface area (Å²) in [6.45, 7) is 11.2. The normalized spacial score (nSPS) is 12.7. The van der Waals surface area contributed by atoms with E-state index in [1.165, 1.54) is 6.92 Å². The molecule has 0 bridgehead atoms. The molecule has 23 heavy (non-hydrogen) atoms. The summed E-state index contributed by atoms with van der Waals surface area (Å²) in [4.78, 5) is 35.5. The Morgan fingerprint density at radius 1 is 1.04 bits per heavy atom. The molecular weight excluding hydrogens is 312 g/mol. The number of nitrogens with one attached hydrogen (secondary N) is 2. The van der Waals surface area contributed by atoms with Gasteiger partial charge in [-0.25, -0.2) is 0 Å². The lowest BCUT2D eigenvalue weighted by molar-refractivity contribution is -0.131. The fourth-order valence-electron chi connectivity index (χ4n) is 2.01. The minimum atomic E-state index is -0.575. The maximum Gasteiger partial charge on any atom is 0.243 e. The first kappa shape index (κ1) is 24.2. The van der Waals surface area contributed by atoms with E-state index in [1.54, 1.807) is 18.7 Å². The zero-order chi connectivity index (χ0) is 18.4. The van der Waals surface area contributed by atoms with E-state index in [0.717, 1.165) is 5.75 Å². The molecule has 136 valence electrons. The monoisotopic (exact) mass is 346 g/mol. The first-order valence-electron chi connectivity index (χ1n) is 8.40. The summed E-state index contributed by atoms with van der Waals surface area (Å²) in [5.74, 6) is 0.611. The molecule has 0 aromatic heterocycles. The van der Waals surface area contributed by atoms with E-state index in [-0.39, 0.29) is 17.6 Å². The lowest BCUT2D eigenvalue weighted by Crippen LogP contribution is -2.51. The van der Waals surface area contributed by atoms with Crippen molar-refractivity contribution in [3.8, 4) is 0 Å². The van der Waals surface area contributed by atoms with Gasteiger partial charge in [0, 0.05) is 13.3 Å². The van der Waals surface area contributed by atoms with E-state index in [1.807, 2.05) is 34.0 Å². The summed E-state index contributed by atoms with van der Waals surface area (Å²) in [7, 11) is 0. The Labute approximate surface area is 145 Å². The Morgan fingerprint density at radius 2 is 1.61 bits per heavy atom. The lowest BCUT2D eigenvalue weighted by Gasteiger charge is -2.23. The molecule has 0 aromatic carbocycles. The highest BCUT2D eigenvalue weighted by atomic mass is 32.2. The molecule has 5 nitrogen and oxygen atoms in total. The van der Waals surface area contributed by atoms with Crippen LogP contribution in [0.3, 0.4) is 0 Å². The topological polar surface area (TPSA) is 75.3 Å². The van der Waals surface area contributed by atoms with Crippen molar-refractivity contribution in [2.75, 3.05) is 12.0 Å². The zero-order valence-electron chi connectivity index (χ0n) is 15.7. The fraction of sp³-hybridized carbons (Fsp3) is 0.824. The standard InChI is InChI=1S/C15H28N2O3S.C2H6/c1-6-14(19)13(9-10(2)3)17-15(20)12(7-8-21-5)16-11(4)18;1-2/h10,12-13H,6-9H2,1-5H3,(H,16,18)(H,17,20);1-2H3. The maximum atomic E-state index is 12.3. The third-order valence-electron chi connectivity index (χ3n) is 3.07. The third kappa shape index (κ3) is 12.1. The molecule has 0 saturated carbocycles. The summed E-state index contributed by atoms with van der Waals surface area (Å²) in [5, 5.41) is 5.46. The van der Waals surface area contributed by atoms with Crippen molar-refractivity contribution in [2.24, 2.45) is 5.92 Å². The van der Waals surface area contributed by atoms with Crippen LogP contribution in [0.2, 0.25) is 0 Å². The second-order valence-electron chi connectivity index (χ2n) is 5.55. The summed E-state index contributed by atoms with van der Waals surface area (Å²) in [6, 6.07) is -1.04. The van der Waals surface area contributed by atoms with E-state index in [2.05, 4.69) is 10.6 Å². The van der Waals surface area contributed by atoms with Crippen molar-refractivity contribution in [2.45, 2.75) is 72.9 Å². The van der Waals surface area contributed by atoms with Crippen molar-refractivity contribution in [1.82, 2.24) is 10.6 Å². The second-order valence-corrected chi connectivity index (χ2v) is 6.53. The van der Waals surface area contributed by atoms with Crippen molar-refractivity contribution < 1.29 is 14.4 Å². The molecule has 0 rings (SSSR count). The van der Waals surface area contributed by atoms with E-state index in [4.69, 9.17) is 0 Å². The molecule has 2 N–H and O–H groups in total. The largest absolute Gasteiger partial charge is 0.345 e. The predicted molar refractivity (Wildman–Crippen MR) is 98.6 cm³/mol. The molecule has 6 heteroatoms. The minimum Gasteiger partial charge on any atom is -0.345 e. The zero-order valence-corrected chi connectivity index (χ0v) is 16.5. The Bertz CT molecular complexity index is 360. The third-order valence-corrected chi connectivity index (χ3v) is 3.71. The van der Waals surface area contributed by atoms with E-state index in [0.29, 0.717) is 25.2 Å². The maximum absolute atomic E-state index is 12.3. The van der Waals surface area contributed by atoms with Gasteiger partial charge in [-0.15, -0.1) is 0 Å². The molecule has 0 aliphatic rings. The molecule has 2 atom stereocenters.